The second-order valence-corrected chi connectivity index (χ2v) is 5.27. The first-order chi connectivity index (χ1) is 9.31. The van der Waals surface area contributed by atoms with Crippen molar-refractivity contribution < 1.29 is 0 Å². The standard InChI is InChI=1S/C15H20N4/c1-19-10-7-14(8-11-19)17-13-4-2-12(3-5-13)15-6-9-16-18-15/h2-6,9,14,17H,7-8,10-11H2,1H3,(H,16,18). The quantitative estimate of drug-likeness (QED) is 0.887. The molecule has 1 fully saturated rings. The summed E-state index contributed by atoms with van der Waals surface area (Å²) >= 11 is 0. The number of rotatable bonds is 3. The number of likely N-dealkylation sites (tertiary alicyclic amines) is 1. The third kappa shape index (κ3) is 2.96. The molecule has 100 valence electrons. The molecule has 0 atom stereocenters. The molecule has 2 N–H and O–H groups in total. The van der Waals surface area contributed by atoms with E-state index in [4.69, 9.17) is 0 Å². The maximum Gasteiger partial charge on any atom is 0.0650 e. The van der Waals surface area contributed by atoms with Crippen molar-refractivity contribution in [3.8, 4) is 11.3 Å². The fraction of sp³-hybridized carbons (Fsp3) is 0.400. The van der Waals surface area contributed by atoms with Crippen LogP contribution in [0.2, 0.25) is 0 Å². The predicted octanol–water partition coefficient (Wildman–Crippen LogP) is 2.58. The lowest BCUT2D eigenvalue weighted by atomic mass is 10.0. The van der Waals surface area contributed by atoms with Crippen LogP contribution < -0.4 is 5.32 Å². The molecule has 0 bridgehead atoms. The summed E-state index contributed by atoms with van der Waals surface area (Å²) in [5.74, 6) is 0. The molecule has 1 aromatic carbocycles. The molecule has 0 radical (unpaired) electrons. The molecule has 3 rings (SSSR count). The van der Waals surface area contributed by atoms with E-state index in [1.807, 2.05) is 6.07 Å². The van der Waals surface area contributed by atoms with Gasteiger partial charge < -0.3 is 10.2 Å². The number of nitrogens with zero attached hydrogens (tertiary/aromatic N) is 2. The van der Waals surface area contributed by atoms with Crippen molar-refractivity contribution in [3.63, 3.8) is 0 Å². The first kappa shape index (κ1) is 12.2. The highest BCUT2D eigenvalue weighted by Crippen LogP contribution is 2.21. The largest absolute Gasteiger partial charge is 0.382 e. The predicted molar refractivity (Wildman–Crippen MR) is 78.2 cm³/mol. The summed E-state index contributed by atoms with van der Waals surface area (Å²) in [4.78, 5) is 2.39. The van der Waals surface area contributed by atoms with E-state index in [2.05, 4.69) is 51.7 Å². The zero-order valence-electron chi connectivity index (χ0n) is 11.3. The third-order valence-electron chi connectivity index (χ3n) is 3.79. The van der Waals surface area contributed by atoms with E-state index in [0.717, 1.165) is 5.69 Å². The lowest BCUT2D eigenvalue weighted by Gasteiger charge is -2.30. The summed E-state index contributed by atoms with van der Waals surface area (Å²) in [5, 5.41) is 10.6. The molecule has 1 aromatic heterocycles. The molecule has 0 spiro atoms. The molecule has 0 unspecified atom stereocenters. The summed E-state index contributed by atoms with van der Waals surface area (Å²) in [6.45, 7) is 2.37. The number of aromatic nitrogens is 2. The number of H-pyrrole nitrogens is 1. The van der Waals surface area contributed by atoms with Crippen LogP contribution in [0.5, 0.6) is 0 Å². The molecule has 4 nitrogen and oxygen atoms in total. The van der Waals surface area contributed by atoms with Gasteiger partial charge in [-0.15, -0.1) is 0 Å². The van der Waals surface area contributed by atoms with Gasteiger partial charge in [0.1, 0.15) is 0 Å². The van der Waals surface area contributed by atoms with Gasteiger partial charge in [-0.05, 0) is 56.7 Å². The first-order valence-corrected chi connectivity index (χ1v) is 6.86. The summed E-state index contributed by atoms with van der Waals surface area (Å²) < 4.78 is 0. The second-order valence-electron chi connectivity index (χ2n) is 5.27. The Bertz CT molecular complexity index is 495. The molecular weight excluding hydrogens is 236 g/mol. The minimum atomic E-state index is 0.606. The van der Waals surface area contributed by atoms with E-state index in [0.29, 0.717) is 6.04 Å². The number of hydrogen-bond donors (Lipinski definition) is 2. The van der Waals surface area contributed by atoms with Crippen molar-refractivity contribution in [3.05, 3.63) is 36.5 Å². The highest BCUT2D eigenvalue weighted by Gasteiger charge is 2.15. The van der Waals surface area contributed by atoms with Crippen molar-refractivity contribution in [1.82, 2.24) is 15.1 Å². The summed E-state index contributed by atoms with van der Waals surface area (Å²) in [7, 11) is 2.19. The maximum atomic E-state index is 3.98. The van der Waals surface area contributed by atoms with E-state index in [9.17, 15) is 0 Å². The molecule has 0 saturated carbocycles. The van der Waals surface area contributed by atoms with E-state index < -0.39 is 0 Å². The highest BCUT2D eigenvalue weighted by molar-refractivity contribution is 5.62. The average Bonchev–Trinajstić information content (AvgIpc) is 2.96. The number of aromatic amines is 1. The van der Waals surface area contributed by atoms with Gasteiger partial charge in [-0.2, -0.15) is 5.10 Å². The van der Waals surface area contributed by atoms with Crippen LogP contribution in [0, 0.1) is 0 Å². The molecule has 0 aliphatic carbocycles. The number of anilines is 1. The van der Waals surface area contributed by atoms with Crippen LogP contribution in [-0.4, -0.2) is 41.3 Å². The van der Waals surface area contributed by atoms with E-state index >= 15 is 0 Å². The van der Waals surface area contributed by atoms with Crippen LogP contribution in [0.4, 0.5) is 5.69 Å². The van der Waals surface area contributed by atoms with Gasteiger partial charge in [-0.25, -0.2) is 0 Å². The minimum Gasteiger partial charge on any atom is -0.382 e. The summed E-state index contributed by atoms with van der Waals surface area (Å²) in [5.41, 5.74) is 3.44. The van der Waals surface area contributed by atoms with Gasteiger partial charge in [0, 0.05) is 17.9 Å². The van der Waals surface area contributed by atoms with E-state index in [-0.39, 0.29) is 0 Å². The highest BCUT2D eigenvalue weighted by atomic mass is 15.1. The molecule has 4 heteroatoms. The fourth-order valence-electron chi connectivity index (χ4n) is 2.55. The summed E-state index contributed by atoms with van der Waals surface area (Å²) in [6, 6.07) is 11.1. The van der Waals surface area contributed by atoms with Crippen LogP contribution in [0.1, 0.15) is 12.8 Å². The zero-order valence-corrected chi connectivity index (χ0v) is 11.3. The van der Waals surface area contributed by atoms with Crippen LogP contribution in [0.3, 0.4) is 0 Å². The third-order valence-corrected chi connectivity index (χ3v) is 3.79. The number of hydrogen-bond acceptors (Lipinski definition) is 3. The number of piperidine rings is 1. The van der Waals surface area contributed by atoms with Gasteiger partial charge in [-0.3, -0.25) is 5.10 Å². The molecule has 2 heterocycles. The molecule has 1 saturated heterocycles. The lowest BCUT2D eigenvalue weighted by molar-refractivity contribution is 0.264. The Morgan fingerprint density at radius 3 is 2.53 bits per heavy atom. The molecule has 19 heavy (non-hydrogen) atoms. The van der Waals surface area contributed by atoms with Gasteiger partial charge in [0.25, 0.3) is 0 Å². The number of benzene rings is 1. The topological polar surface area (TPSA) is 44.0 Å². The molecular formula is C15H20N4. The Morgan fingerprint density at radius 1 is 1.16 bits per heavy atom. The monoisotopic (exact) mass is 256 g/mol. The van der Waals surface area contributed by atoms with Crippen molar-refractivity contribution in [2.75, 3.05) is 25.5 Å². The van der Waals surface area contributed by atoms with Gasteiger partial charge in [0.05, 0.1) is 5.69 Å². The maximum absolute atomic E-state index is 3.98. The number of nitrogens with one attached hydrogen (secondary N) is 2. The fourth-order valence-corrected chi connectivity index (χ4v) is 2.55. The summed E-state index contributed by atoms with van der Waals surface area (Å²) in [6.07, 6.45) is 4.22. The smallest absolute Gasteiger partial charge is 0.0650 e. The van der Waals surface area contributed by atoms with E-state index in [1.165, 1.54) is 37.2 Å². The average molecular weight is 256 g/mol. The SMILES string of the molecule is CN1CCC(Nc2ccc(-c3ccn[nH]3)cc2)CC1. The van der Waals surface area contributed by atoms with E-state index in [1.54, 1.807) is 6.20 Å². The van der Waals surface area contributed by atoms with Gasteiger partial charge in [-0.1, -0.05) is 12.1 Å². The van der Waals surface area contributed by atoms with Crippen molar-refractivity contribution >= 4 is 5.69 Å². The minimum absolute atomic E-state index is 0.606. The normalized spacial score (nSPS) is 17.5. The molecule has 2 aromatic rings. The lowest BCUT2D eigenvalue weighted by Crippen LogP contribution is -2.36. The Labute approximate surface area is 113 Å². The van der Waals surface area contributed by atoms with Gasteiger partial charge in [0.15, 0.2) is 0 Å². The van der Waals surface area contributed by atoms with Gasteiger partial charge >= 0.3 is 0 Å². The molecule has 1 aliphatic heterocycles. The molecule has 0 amide bonds. The first-order valence-electron chi connectivity index (χ1n) is 6.86. The second kappa shape index (κ2) is 5.45. The van der Waals surface area contributed by atoms with Crippen molar-refractivity contribution in [2.24, 2.45) is 0 Å². The van der Waals surface area contributed by atoms with Crippen LogP contribution >= 0.6 is 0 Å². The van der Waals surface area contributed by atoms with Crippen LogP contribution in [0.15, 0.2) is 36.5 Å². The van der Waals surface area contributed by atoms with Gasteiger partial charge in [0.2, 0.25) is 0 Å². The Morgan fingerprint density at radius 2 is 1.89 bits per heavy atom. The Balaban J connectivity index is 1.63. The zero-order chi connectivity index (χ0) is 13.1. The van der Waals surface area contributed by atoms with Crippen molar-refractivity contribution in [1.29, 1.82) is 0 Å². The molecule has 1 aliphatic rings. The Hall–Kier alpha value is -1.81. The van der Waals surface area contributed by atoms with Crippen molar-refractivity contribution in [2.45, 2.75) is 18.9 Å². The Kier molecular flexibility index (Phi) is 3.51. The van der Waals surface area contributed by atoms with Crippen LogP contribution in [0.25, 0.3) is 11.3 Å². The van der Waals surface area contributed by atoms with Crippen LogP contribution in [-0.2, 0) is 0 Å².